The second-order valence-corrected chi connectivity index (χ2v) is 10.2. The maximum atomic E-state index is 5.45. The van der Waals surface area contributed by atoms with Crippen LogP contribution in [0.25, 0.3) is 22.0 Å². The van der Waals surface area contributed by atoms with Crippen LogP contribution in [0.1, 0.15) is 56.2 Å². The normalized spacial score (nSPS) is 15.9. The van der Waals surface area contributed by atoms with Crippen molar-refractivity contribution in [2.24, 2.45) is 0 Å². The molecule has 1 atom stereocenters. The van der Waals surface area contributed by atoms with Crippen molar-refractivity contribution in [2.75, 3.05) is 7.11 Å². The molecule has 168 valence electrons. The van der Waals surface area contributed by atoms with E-state index in [0.29, 0.717) is 5.92 Å². The number of rotatable bonds is 5. The Morgan fingerprint density at radius 2 is 1.79 bits per heavy atom. The predicted molar refractivity (Wildman–Crippen MR) is 139 cm³/mol. The van der Waals surface area contributed by atoms with Crippen molar-refractivity contribution in [3.8, 4) is 16.9 Å². The zero-order valence-electron chi connectivity index (χ0n) is 20.1. The van der Waals surface area contributed by atoms with Gasteiger partial charge in [-0.25, -0.2) is 0 Å². The van der Waals surface area contributed by atoms with E-state index in [-0.39, 0.29) is 5.41 Å². The molecule has 5 rings (SSSR count). The number of allylic oxidation sites excluding steroid dienone is 2. The van der Waals surface area contributed by atoms with Crippen molar-refractivity contribution in [1.29, 1.82) is 0 Å². The molecular weight excluding hydrogens is 402 g/mol. The van der Waals surface area contributed by atoms with Crippen molar-refractivity contribution in [3.63, 3.8) is 0 Å². The molecule has 1 heterocycles. The molecule has 0 saturated carbocycles. The van der Waals surface area contributed by atoms with Crippen LogP contribution in [0.5, 0.6) is 5.75 Å². The van der Waals surface area contributed by atoms with Crippen LogP contribution < -0.4 is 4.74 Å². The number of hydrogen-bond donors (Lipinski definition) is 0. The van der Waals surface area contributed by atoms with Gasteiger partial charge in [-0.1, -0.05) is 75.4 Å². The molecule has 0 aliphatic heterocycles. The number of fused-ring (bicyclic) bond motifs is 1. The quantitative estimate of drug-likeness (QED) is 0.289. The molecule has 1 aliphatic carbocycles. The van der Waals surface area contributed by atoms with E-state index in [2.05, 4.69) is 104 Å². The van der Waals surface area contributed by atoms with Crippen molar-refractivity contribution < 1.29 is 4.74 Å². The summed E-state index contributed by atoms with van der Waals surface area (Å²) in [7, 11) is 1.72. The molecule has 0 amide bonds. The number of methoxy groups -OCH3 is 1. The predicted octanol–water partition coefficient (Wildman–Crippen LogP) is 8.10. The number of aromatic nitrogens is 1. The van der Waals surface area contributed by atoms with Gasteiger partial charge in [0.2, 0.25) is 0 Å². The van der Waals surface area contributed by atoms with E-state index in [1.165, 1.54) is 51.6 Å². The molecule has 1 aliphatic rings. The highest BCUT2D eigenvalue weighted by Gasteiger charge is 2.18. The fourth-order valence-corrected chi connectivity index (χ4v) is 4.93. The zero-order valence-corrected chi connectivity index (χ0v) is 20.1. The van der Waals surface area contributed by atoms with E-state index in [1.807, 2.05) is 6.07 Å². The lowest BCUT2D eigenvalue weighted by Gasteiger charge is -2.19. The molecule has 1 unspecified atom stereocenters. The van der Waals surface area contributed by atoms with Crippen LogP contribution in [0.2, 0.25) is 0 Å². The Morgan fingerprint density at radius 3 is 2.48 bits per heavy atom. The Bertz CT molecular complexity index is 1300. The van der Waals surface area contributed by atoms with Gasteiger partial charge in [0.15, 0.2) is 0 Å². The summed E-state index contributed by atoms with van der Waals surface area (Å²) in [5, 5.41) is 1.33. The Labute approximate surface area is 197 Å². The summed E-state index contributed by atoms with van der Waals surface area (Å²) in [6.45, 7) is 7.62. The van der Waals surface area contributed by atoms with Gasteiger partial charge < -0.3 is 9.30 Å². The largest absolute Gasteiger partial charge is 0.497 e. The van der Waals surface area contributed by atoms with Gasteiger partial charge in [0.25, 0.3) is 0 Å². The summed E-state index contributed by atoms with van der Waals surface area (Å²) in [5.74, 6) is 1.43. The Morgan fingerprint density at radius 1 is 0.970 bits per heavy atom. The topological polar surface area (TPSA) is 14.2 Å². The van der Waals surface area contributed by atoms with E-state index < -0.39 is 0 Å². The molecule has 1 aromatic heterocycles. The highest BCUT2D eigenvalue weighted by molar-refractivity contribution is 5.96. The van der Waals surface area contributed by atoms with Crippen molar-refractivity contribution in [3.05, 3.63) is 102 Å². The van der Waals surface area contributed by atoms with Gasteiger partial charge in [-0.3, -0.25) is 0 Å². The first kappa shape index (κ1) is 21.6. The van der Waals surface area contributed by atoms with Gasteiger partial charge in [0, 0.05) is 35.1 Å². The van der Waals surface area contributed by atoms with E-state index >= 15 is 0 Å². The first-order valence-corrected chi connectivity index (χ1v) is 12.0. The molecule has 0 N–H and O–H groups in total. The fraction of sp³-hybridized carbons (Fsp3) is 0.290. The highest BCUT2D eigenvalue weighted by atomic mass is 16.5. The summed E-state index contributed by atoms with van der Waals surface area (Å²) < 4.78 is 7.83. The Balaban J connectivity index is 1.61. The average Bonchev–Trinajstić information content (AvgIpc) is 3.47. The minimum absolute atomic E-state index is 0.154. The average molecular weight is 436 g/mol. The molecule has 0 fully saturated rings. The SMILES string of the molecule is COc1cccc(Cn2cc(-c3ccc(C(C)(C)C)cc3)c3cc(C4C=CCC4)ccc32)c1. The van der Waals surface area contributed by atoms with Crippen LogP contribution in [0.3, 0.4) is 0 Å². The summed E-state index contributed by atoms with van der Waals surface area (Å²) >= 11 is 0. The zero-order chi connectivity index (χ0) is 23.0. The molecule has 0 radical (unpaired) electrons. The standard InChI is InChI=1S/C31H33NO/c1-31(2,3)26-15-12-24(13-16-26)29-21-32(20-22-8-7-11-27(18-22)33-4)30-17-14-25(19-28(29)30)23-9-5-6-10-23/h5,7-9,11-19,21,23H,6,10,20H2,1-4H3. The van der Waals surface area contributed by atoms with Gasteiger partial charge in [0.1, 0.15) is 5.75 Å². The summed E-state index contributed by atoms with van der Waals surface area (Å²) in [5.41, 5.74) is 8.03. The van der Waals surface area contributed by atoms with Gasteiger partial charge in [-0.2, -0.15) is 0 Å². The summed E-state index contributed by atoms with van der Waals surface area (Å²) in [6.07, 6.45) is 9.40. The third-order valence-corrected chi connectivity index (χ3v) is 6.90. The molecule has 2 heteroatoms. The summed E-state index contributed by atoms with van der Waals surface area (Å²) in [6, 6.07) is 24.5. The van der Waals surface area contributed by atoms with Crippen LogP contribution in [0.15, 0.2) is 85.1 Å². The van der Waals surface area contributed by atoms with E-state index in [0.717, 1.165) is 12.3 Å². The molecule has 0 bridgehead atoms. The van der Waals surface area contributed by atoms with Gasteiger partial charge in [-0.15, -0.1) is 0 Å². The molecule has 2 nitrogen and oxygen atoms in total. The number of hydrogen-bond acceptors (Lipinski definition) is 1. The third-order valence-electron chi connectivity index (χ3n) is 6.90. The maximum Gasteiger partial charge on any atom is 0.119 e. The first-order valence-electron chi connectivity index (χ1n) is 12.0. The minimum Gasteiger partial charge on any atom is -0.497 e. The molecular formula is C31H33NO. The second-order valence-electron chi connectivity index (χ2n) is 10.2. The van der Waals surface area contributed by atoms with Crippen LogP contribution in [-0.4, -0.2) is 11.7 Å². The minimum atomic E-state index is 0.154. The molecule has 3 aromatic carbocycles. The Kier molecular flexibility index (Phi) is 5.62. The number of nitrogens with zero attached hydrogens (tertiary/aromatic N) is 1. The van der Waals surface area contributed by atoms with E-state index in [9.17, 15) is 0 Å². The lowest BCUT2D eigenvalue weighted by molar-refractivity contribution is 0.414. The van der Waals surface area contributed by atoms with Crippen LogP contribution in [0, 0.1) is 0 Å². The molecule has 0 spiro atoms. The monoisotopic (exact) mass is 435 g/mol. The molecule has 0 saturated heterocycles. The second kappa shape index (κ2) is 8.59. The van der Waals surface area contributed by atoms with Gasteiger partial charge in [-0.05, 0) is 64.8 Å². The highest BCUT2D eigenvalue weighted by Crippen LogP contribution is 2.37. The van der Waals surface area contributed by atoms with Gasteiger partial charge >= 0.3 is 0 Å². The first-order chi connectivity index (χ1) is 15.9. The lowest BCUT2D eigenvalue weighted by Crippen LogP contribution is -2.10. The van der Waals surface area contributed by atoms with Crippen molar-refractivity contribution in [1.82, 2.24) is 4.57 Å². The van der Waals surface area contributed by atoms with Crippen LogP contribution in [0.4, 0.5) is 0 Å². The molecule has 33 heavy (non-hydrogen) atoms. The van der Waals surface area contributed by atoms with Crippen LogP contribution >= 0.6 is 0 Å². The van der Waals surface area contributed by atoms with E-state index in [4.69, 9.17) is 4.74 Å². The fourth-order valence-electron chi connectivity index (χ4n) is 4.93. The van der Waals surface area contributed by atoms with Crippen LogP contribution in [-0.2, 0) is 12.0 Å². The van der Waals surface area contributed by atoms with E-state index in [1.54, 1.807) is 7.11 Å². The molecule has 4 aromatic rings. The summed E-state index contributed by atoms with van der Waals surface area (Å²) in [4.78, 5) is 0. The van der Waals surface area contributed by atoms with Crippen molar-refractivity contribution in [2.45, 2.75) is 51.5 Å². The number of benzene rings is 3. The van der Waals surface area contributed by atoms with Gasteiger partial charge in [0.05, 0.1) is 7.11 Å². The third kappa shape index (κ3) is 4.35. The maximum absolute atomic E-state index is 5.45. The number of ether oxygens (including phenoxy) is 1. The van der Waals surface area contributed by atoms with Crippen molar-refractivity contribution >= 4 is 10.9 Å². The smallest absolute Gasteiger partial charge is 0.119 e. The lowest BCUT2D eigenvalue weighted by atomic mass is 9.86. The Hall–Kier alpha value is -3.26.